The molecule has 0 saturated carbocycles. The van der Waals surface area contributed by atoms with Gasteiger partial charge in [-0.15, -0.1) is 11.3 Å². The number of anilines is 1. The zero-order valence-corrected chi connectivity index (χ0v) is 17.1. The van der Waals surface area contributed by atoms with Crippen molar-refractivity contribution in [2.24, 2.45) is 0 Å². The average Bonchev–Trinajstić information content (AvgIpc) is 3.07. The second kappa shape index (κ2) is 9.45. The van der Waals surface area contributed by atoms with Crippen LogP contribution in [-0.4, -0.2) is 49.2 Å². The smallest absolute Gasteiger partial charge is 0.226 e. The molecule has 0 bridgehead atoms. The van der Waals surface area contributed by atoms with Crippen LogP contribution in [0, 0.1) is 0 Å². The molecule has 0 aliphatic carbocycles. The van der Waals surface area contributed by atoms with Gasteiger partial charge in [0.05, 0.1) is 30.5 Å². The highest BCUT2D eigenvalue weighted by atomic mass is 79.9. The van der Waals surface area contributed by atoms with Gasteiger partial charge in [0.1, 0.15) is 5.75 Å². The Bertz CT molecular complexity index is 747. The number of ether oxygens (including phenoxy) is 2. The SMILES string of the molecule is COc1ccc(CCC(=O)Nc2nc(CN3CCOCC3)cs2)cc1Br. The number of nitrogens with zero attached hydrogens (tertiary/aromatic N) is 2. The van der Waals surface area contributed by atoms with Gasteiger partial charge in [0, 0.05) is 31.4 Å². The molecule has 2 aromatic rings. The summed E-state index contributed by atoms with van der Waals surface area (Å²) in [4.78, 5) is 19.0. The summed E-state index contributed by atoms with van der Waals surface area (Å²) in [5.74, 6) is 0.762. The number of aromatic nitrogens is 1. The Morgan fingerprint density at radius 1 is 1.42 bits per heavy atom. The predicted molar refractivity (Wildman–Crippen MR) is 106 cm³/mol. The quantitative estimate of drug-likeness (QED) is 0.716. The van der Waals surface area contributed by atoms with Gasteiger partial charge >= 0.3 is 0 Å². The highest BCUT2D eigenvalue weighted by Gasteiger charge is 2.13. The highest BCUT2D eigenvalue weighted by molar-refractivity contribution is 9.10. The molecular formula is C18H22BrN3O3S. The normalized spacial score (nSPS) is 15.0. The fourth-order valence-electron chi connectivity index (χ4n) is 2.73. The van der Waals surface area contributed by atoms with Crippen molar-refractivity contribution in [3.05, 3.63) is 39.3 Å². The van der Waals surface area contributed by atoms with Crippen molar-refractivity contribution >= 4 is 38.3 Å². The number of halogens is 1. The number of morpholine rings is 1. The Hall–Kier alpha value is -1.48. The summed E-state index contributed by atoms with van der Waals surface area (Å²) in [6.07, 6.45) is 1.08. The molecule has 1 N–H and O–H groups in total. The first-order chi connectivity index (χ1) is 12.6. The van der Waals surface area contributed by atoms with Crippen LogP contribution in [0.3, 0.4) is 0 Å². The van der Waals surface area contributed by atoms with Gasteiger partial charge in [-0.1, -0.05) is 6.07 Å². The molecule has 0 spiro atoms. The van der Waals surface area contributed by atoms with Gasteiger partial charge < -0.3 is 14.8 Å². The molecule has 1 amide bonds. The van der Waals surface area contributed by atoms with E-state index in [-0.39, 0.29) is 5.91 Å². The van der Waals surface area contributed by atoms with Crippen molar-refractivity contribution in [1.82, 2.24) is 9.88 Å². The fraction of sp³-hybridized carbons (Fsp3) is 0.444. The highest BCUT2D eigenvalue weighted by Crippen LogP contribution is 2.26. The number of hydrogen-bond acceptors (Lipinski definition) is 6. The summed E-state index contributed by atoms with van der Waals surface area (Å²) in [5, 5.41) is 5.56. The molecule has 140 valence electrons. The topological polar surface area (TPSA) is 63.7 Å². The second-order valence-corrected chi connectivity index (χ2v) is 7.76. The molecular weight excluding hydrogens is 418 g/mol. The first-order valence-corrected chi connectivity index (χ1v) is 10.2. The molecule has 0 unspecified atom stereocenters. The zero-order valence-electron chi connectivity index (χ0n) is 14.7. The van der Waals surface area contributed by atoms with Crippen LogP contribution < -0.4 is 10.1 Å². The molecule has 1 aliphatic heterocycles. The van der Waals surface area contributed by atoms with E-state index in [0.717, 1.165) is 54.3 Å². The number of nitrogens with one attached hydrogen (secondary N) is 1. The van der Waals surface area contributed by atoms with Gasteiger partial charge in [-0.2, -0.15) is 0 Å². The number of benzene rings is 1. The molecule has 1 saturated heterocycles. The van der Waals surface area contributed by atoms with Gasteiger partial charge in [0.15, 0.2) is 5.13 Å². The van der Waals surface area contributed by atoms with E-state index in [2.05, 4.69) is 31.1 Å². The molecule has 1 aromatic heterocycles. The van der Waals surface area contributed by atoms with Crippen LogP contribution in [0.1, 0.15) is 17.7 Å². The number of methoxy groups -OCH3 is 1. The van der Waals surface area contributed by atoms with Gasteiger partial charge in [-0.05, 0) is 40.0 Å². The van der Waals surface area contributed by atoms with E-state index in [1.165, 1.54) is 11.3 Å². The van der Waals surface area contributed by atoms with Crippen molar-refractivity contribution in [2.45, 2.75) is 19.4 Å². The third-order valence-electron chi connectivity index (χ3n) is 4.14. The van der Waals surface area contributed by atoms with Crippen LogP contribution in [0.4, 0.5) is 5.13 Å². The fourth-order valence-corrected chi connectivity index (χ4v) is 4.04. The number of carbonyl (C=O) groups is 1. The Kier molecular flexibility index (Phi) is 7.01. The minimum absolute atomic E-state index is 0.0239. The van der Waals surface area contributed by atoms with E-state index in [1.54, 1.807) is 7.11 Å². The zero-order chi connectivity index (χ0) is 18.4. The lowest BCUT2D eigenvalue weighted by atomic mass is 10.1. The van der Waals surface area contributed by atoms with E-state index in [4.69, 9.17) is 9.47 Å². The van der Waals surface area contributed by atoms with Gasteiger partial charge in [0.2, 0.25) is 5.91 Å². The van der Waals surface area contributed by atoms with Crippen LogP contribution in [0.15, 0.2) is 28.1 Å². The first-order valence-electron chi connectivity index (χ1n) is 8.51. The standard InChI is InChI=1S/C18H22BrN3O3S/c1-24-16-4-2-13(10-15(16)19)3-5-17(23)21-18-20-14(12-26-18)11-22-6-8-25-9-7-22/h2,4,10,12H,3,5-9,11H2,1H3,(H,20,21,23). The minimum atomic E-state index is -0.0239. The van der Waals surface area contributed by atoms with E-state index >= 15 is 0 Å². The number of aryl methyl sites for hydroxylation is 1. The maximum atomic E-state index is 12.2. The largest absolute Gasteiger partial charge is 0.496 e. The van der Waals surface area contributed by atoms with Crippen LogP contribution >= 0.6 is 27.3 Å². The summed E-state index contributed by atoms with van der Waals surface area (Å²) in [6.45, 7) is 4.20. The minimum Gasteiger partial charge on any atom is -0.496 e. The van der Waals surface area contributed by atoms with Crippen molar-refractivity contribution < 1.29 is 14.3 Å². The average molecular weight is 440 g/mol. The third-order valence-corrected chi connectivity index (χ3v) is 5.57. The van der Waals surface area contributed by atoms with E-state index in [0.29, 0.717) is 18.0 Å². The molecule has 1 aromatic carbocycles. The van der Waals surface area contributed by atoms with E-state index in [9.17, 15) is 4.79 Å². The van der Waals surface area contributed by atoms with Crippen molar-refractivity contribution in [1.29, 1.82) is 0 Å². The summed E-state index contributed by atoms with van der Waals surface area (Å²) >= 11 is 4.94. The predicted octanol–water partition coefficient (Wildman–Crippen LogP) is 3.32. The van der Waals surface area contributed by atoms with Gasteiger partial charge in [-0.3, -0.25) is 9.69 Å². The monoisotopic (exact) mass is 439 g/mol. The van der Waals surface area contributed by atoms with E-state index in [1.807, 2.05) is 23.6 Å². The second-order valence-electron chi connectivity index (χ2n) is 6.05. The number of hydrogen-bond donors (Lipinski definition) is 1. The van der Waals surface area contributed by atoms with Crippen molar-refractivity contribution in [2.75, 3.05) is 38.7 Å². The Labute approximate surface area is 165 Å². The van der Waals surface area contributed by atoms with Crippen LogP contribution in [0.25, 0.3) is 0 Å². The number of rotatable bonds is 7. The third kappa shape index (κ3) is 5.51. The lowest BCUT2D eigenvalue weighted by Crippen LogP contribution is -2.35. The Balaban J connectivity index is 1.46. The molecule has 2 heterocycles. The maximum absolute atomic E-state index is 12.2. The number of carbonyl (C=O) groups excluding carboxylic acids is 1. The molecule has 6 nitrogen and oxygen atoms in total. The lowest BCUT2D eigenvalue weighted by Gasteiger charge is -2.25. The number of thiazole rings is 1. The molecule has 0 atom stereocenters. The summed E-state index contributed by atoms with van der Waals surface area (Å²) in [5.41, 5.74) is 2.08. The van der Waals surface area contributed by atoms with Crippen LogP contribution in [-0.2, 0) is 22.5 Å². The van der Waals surface area contributed by atoms with Crippen LogP contribution in [0.2, 0.25) is 0 Å². The summed E-state index contributed by atoms with van der Waals surface area (Å²) in [7, 11) is 1.63. The molecule has 26 heavy (non-hydrogen) atoms. The lowest BCUT2D eigenvalue weighted by molar-refractivity contribution is -0.116. The molecule has 1 aliphatic rings. The molecule has 3 rings (SSSR count). The summed E-state index contributed by atoms with van der Waals surface area (Å²) in [6, 6.07) is 5.85. The molecule has 8 heteroatoms. The molecule has 0 radical (unpaired) electrons. The van der Waals surface area contributed by atoms with Crippen LogP contribution in [0.5, 0.6) is 5.75 Å². The summed E-state index contributed by atoms with van der Waals surface area (Å²) < 4.78 is 11.5. The maximum Gasteiger partial charge on any atom is 0.226 e. The first kappa shape index (κ1) is 19.3. The van der Waals surface area contributed by atoms with Gasteiger partial charge in [-0.25, -0.2) is 4.98 Å². The van der Waals surface area contributed by atoms with Gasteiger partial charge in [0.25, 0.3) is 0 Å². The Morgan fingerprint density at radius 2 is 2.23 bits per heavy atom. The Morgan fingerprint density at radius 3 is 2.96 bits per heavy atom. The number of amides is 1. The van der Waals surface area contributed by atoms with Crippen molar-refractivity contribution in [3.63, 3.8) is 0 Å². The van der Waals surface area contributed by atoms with E-state index < -0.39 is 0 Å². The molecule has 1 fully saturated rings. The van der Waals surface area contributed by atoms with Crippen molar-refractivity contribution in [3.8, 4) is 5.75 Å².